The molecule has 108 valence electrons. The van der Waals surface area contributed by atoms with Crippen LogP contribution in [0.5, 0.6) is 5.75 Å². The van der Waals surface area contributed by atoms with Crippen molar-refractivity contribution < 1.29 is 15.0 Å². The van der Waals surface area contributed by atoms with Crippen LogP contribution in [-0.2, 0) is 0 Å². The minimum Gasteiger partial charge on any atom is -0.507 e. The first-order valence-electron chi connectivity index (χ1n) is 6.55. The summed E-state index contributed by atoms with van der Waals surface area (Å²) in [5, 5.41) is 26.5. The Morgan fingerprint density at radius 2 is 1.71 bits per heavy atom. The van der Waals surface area contributed by atoms with E-state index in [1.165, 1.54) is 18.2 Å². The van der Waals surface area contributed by atoms with Gasteiger partial charge in [-0.25, -0.2) is 4.79 Å². The number of azo groups is 1. The summed E-state index contributed by atoms with van der Waals surface area (Å²) in [6, 6.07) is 11.8. The monoisotopic (exact) mass is 284 g/mol. The van der Waals surface area contributed by atoms with Crippen molar-refractivity contribution in [1.29, 1.82) is 0 Å². The number of benzene rings is 2. The van der Waals surface area contributed by atoms with Crippen molar-refractivity contribution in [3.05, 3.63) is 53.6 Å². The molecule has 0 radical (unpaired) electrons. The summed E-state index contributed by atoms with van der Waals surface area (Å²) in [6.07, 6.45) is 0. The predicted molar refractivity (Wildman–Crippen MR) is 79.8 cm³/mol. The molecule has 5 nitrogen and oxygen atoms in total. The first kappa shape index (κ1) is 14.7. The summed E-state index contributed by atoms with van der Waals surface area (Å²) < 4.78 is 0. The van der Waals surface area contributed by atoms with E-state index in [0.717, 1.165) is 5.56 Å². The molecule has 0 aliphatic carbocycles. The van der Waals surface area contributed by atoms with Gasteiger partial charge in [0.05, 0.1) is 11.4 Å². The minimum atomic E-state index is -1.20. The molecule has 0 saturated heterocycles. The van der Waals surface area contributed by atoms with Crippen LogP contribution in [-0.4, -0.2) is 16.2 Å². The number of carbonyl (C=O) groups is 1. The molecule has 2 aromatic carbocycles. The highest BCUT2D eigenvalue weighted by Crippen LogP contribution is 2.26. The SMILES string of the molecule is CC(C)c1cccc(N=Nc2ccc(O)c(C(=O)O)c2)c1. The Morgan fingerprint density at radius 3 is 2.33 bits per heavy atom. The van der Waals surface area contributed by atoms with E-state index >= 15 is 0 Å². The molecular weight excluding hydrogens is 268 g/mol. The first-order chi connectivity index (χ1) is 9.97. The van der Waals surface area contributed by atoms with Crippen molar-refractivity contribution >= 4 is 17.3 Å². The van der Waals surface area contributed by atoms with E-state index in [4.69, 9.17) is 5.11 Å². The van der Waals surface area contributed by atoms with Gasteiger partial charge in [-0.2, -0.15) is 10.2 Å². The van der Waals surface area contributed by atoms with Gasteiger partial charge in [-0.05, 0) is 41.8 Å². The van der Waals surface area contributed by atoms with E-state index < -0.39 is 5.97 Å². The van der Waals surface area contributed by atoms with Crippen molar-refractivity contribution in [2.24, 2.45) is 10.2 Å². The standard InChI is InChI=1S/C16H16N2O3/c1-10(2)11-4-3-5-12(8-11)17-18-13-6-7-15(19)14(9-13)16(20)21/h3-10,19H,1-2H3,(H,20,21). The normalized spacial score (nSPS) is 11.2. The second-order valence-electron chi connectivity index (χ2n) is 4.96. The van der Waals surface area contributed by atoms with Crippen LogP contribution < -0.4 is 0 Å². The highest BCUT2D eigenvalue weighted by Gasteiger charge is 2.09. The fraction of sp³-hybridized carbons (Fsp3) is 0.188. The Kier molecular flexibility index (Phi) is 4.33. The van der Waals surface area contributed by atoms with Gasteiger partial charge in [0.25, 0.3) is 0 Å². The lowest BCUT2D eigenvalue weighted by Gasteiger charge is -2.04. The summed E-state index contributed by atoms with van der Waals surface area (Å²) in [5.74, 6) is -1.10. The molecule has 0 unspecified atom stereocenters. The van der Waals surface area contributed by atoms with Gasteiger partial charge in [0.1, 0.15) is 11.3 Å². The average Bonchev–Trinajstić information content (AvgIpc) is 2.46. The van der Waals surface area contributed by atoms with Gasteiger partial charge in [-0.3, -0.25) is 0 Å². The molecular formula is C16H16N2O3. The lowest BCUT2D eigenvalue weighted by atomic mass is 10.0. The zero-order chi connectivity index (χ0) is 15.4. The molecule has 2 rings (SSSR count). The summed E-state index contributed by atoms with van der Waals surface area (Å²) in [6.45, 7) is 4.19. The number of carboxylic acid groups (broad SMARTS) is 1. The predicted octanol–water partition coefficient (Wildman–Crippen LogP) is 4.63. The summed E-state index contributed by atoms with van der Waals surface area (Å²) in [5.41, 5.74) is 2.04. The van der Waals surface area contributed by atoms with Gasteiger partial charge < -0.3 is 10.2 Å². The molecule has 0 bridgehead atoms. The quantitative estimate of drug-likeness (QED) is 0.803. The van der Waals surface area contributed by atoms with Crippen molar-refractivity contribution in [3.8, 4) is 5.75 Å². The molecule has 0 amide bonds. The van der Waals surface area contributed by atoms with E-state index in [1.807, 2.05) is 24.3 Å². The maximum Gasteiger partial charge on any atom is 0.339 e. The van der Waals surface area contributed by atoms with Crippen molar-refractivity contribution in [2.45, 2.75) is 19.8 Å². The Balaban J connectivity index is 2.27. The molecule has 0 saturated carbocycles. The molecule has 0 atom stereocenters. The lowest BCUT2D eigenvalue weighted by Crippen LogP contribution is -1.95. The number of rotatable bonds is 4. The molecule has 0 aliphatic rings. The van der Waals surface area contributed by atoms with Crippen LogP contribution in [0.15, 0.2) is 52.7 Å². The van der Waals surface area contributed by atoms with Gasteiger partial charge in [0.2, 0.25) is 0 Å². The van der Waals surface area contributed by atoms with Crippen LogP contribution in [0.3, 0.4) is 0 Å². The van der Waals surface area contributed by atoms with Crippen LogP contribution in [0, 0.1) is 0 Å². The highest BCUT2D eigenvalue weighted by atomic mass is 16.4. The van der Waals surface area contributed by atoms with E-state index in [-0.39, 0.29) is 11.3 Å². The smallest absolute Gasteiger partial charge is 0.339 e. The van der Waals surface area contributed by atoms with Crippen LogP contribution in [0.2, 0.25) is 0 Å². The van der Waals surface area contributed by atoms with Crippen molar-refractivity contribution in [1.82, 2.24) is 0 Å². The summed E-state index contributed by atoms with van der Waals surface area (Å²) in [4.78, 5) is 10.9. The average molecular weight is 284 g/mol. The second kappa shape index (κ2) is 6.17. The maximum absolute atomic E-state index is 10.9. The first-order valence-corrected chi connectivity index (χ1v) is 6.55. The molecule has 0 spiro atoms. The van der Waals surface area contributed by atoms with Crippen LogP contribution in [0.1, 0.15) is 35.7 Å². The number of hydrogen-bond acceptors (Lipinski definition) is 4. The second-order valence-corrected chi connectivity index (χ2v) is 4.96. The Morgan fingerprint density at radius 1 is 1.05 bits per heavy atom. The van der Waals surface area contributed by atoms with Gasteiger partial charge in [-0.15, -0.1) is 0 Å². The fourth-order valence-electron chi connectivity index (χ4n) is 1.82. The molecule has 2 N–H and O–H groups in total. The molecule has 0 fully saturated rings. The van der Waals surface area contributed by atoms with E-state index in [1.54, 1.807) is 0 Å². The molecule has 0 aromatic heterocycles. The third-order valence-corrected chi connectivity index (χ3v) is 3.03. The third kappa shape index (κ3) is 3.66. The van der Waals surface area contributed by atoms with Gasteiger partial charge in [0, 0.05) is 0 Å². The zero-order valence-corrected chi connectivity index (χ0v) is 11.8. The number of hydrogen-bond donors (Lipinski definition) is 2. The van der Waals surface area contributed by atoms with Gasteiger partial charge in [0.15, 0.2) is 0 Å². The summed E-state index contributed by atoms with van der Waals surface area (Å²) >= 11 is 0. The number of carboxylic acids is 1. The van der Waals surface area contributed by atoms with E-state index in [2.05, 4.69) is 24.1 Å². The molecule has 21 heavy (non-hydrogen) atoms. The van der Waals surface area contributed by atoms with Crippen molar-refractivity contribution in [3.63, 3.8) is 0 Å². The molecule has 0 heterocycles. The fourth-order valence-corrected chi connectivity index (χ4v) is 1.82. The Bertz CT molecular complexity index is 694. The Labute approximate surface area is 122 Å². The highest BCUT2D eigenvalue weighted by molar-refractivity contribution is 5.91. The number of aromatic hydroxyl groups is 1. The van der Waals surface area contributed by atoms with E-state index in [9.17, 15) is 9.90 Å². The van der Waals surface area contributed by atoms with E-state index in [0.29, 0.717) is 17.3 Å². The van der Waals surface area contributed by atoms with Crippen LogP contribution >= 0.6 is 0 Å². The molecule has 2 aromatic rings. The third-order valence-electron chi connectivity index (χ3n) is 3.03. The summed E-state index contributed by atoms with van der Waals surface area (Å²) in [7, 11) is 0. The molecule has 5 heteroatoms. The van der Waals surface area contributed by atoms with Gasteiger partial charge >= 0.3 is 5.97 Å². The minimum absolute atomic E-state index is 0.192. The number of aromatic carboxylic acids is 1. The Hall–Kier alpha value is -2.69. The topological polar surface area (TPSA) is 82.2 Å². The number of nitrogens with zero attached hydrogens (tertiary/aromatic N) is 2. The largest absolute Gasteiger partial charge is 0.507 e. The van der Waals surface area contributed by atoms with Gasteiger partial charge in [-0.1, -0.05) is 26.0 Å². The maximum atomic E-state index is 10.9. The van der Waals surface area contributed by atoms with Crippen LogP contribution in [0.25, 0.3) is 0 Å². The lowest BCUT2D eigenvalue weighted by molar-refractivity contribution is 0.0694. The number of phenols is 1. The molecule has 0 aliphatic heterocycles. The zero-order valence-electron chi connectivity index (χ0n) is 11.8. The van der Waals surface area contributed by atoms with Crippen LogP contribution in [0.4, 0.5) is 11.4 Å². The van der Waals surface area contributed by atoms with Crippen molar-refractivity contribution in [2.75, 3.05) is 0 Å².